The summed E-state index contributed by atoms with van der Waals surface area (Å²) in [5.41, 5.74) is 1.83. The van der Waals surface area contributed by atoms with E-state index >= 15 is 0 Å². The minimum absolute atomic E-state index is 0.325. The molecule has 104 valence electrons. The van der Waals surface area contributed by atoms with E-state index in [-0.39, 0.29) is 0 Å². The summed E-state index contributed by atoms with van der Waals surface area (Å²) in [5, 5.41) is 8.99. The number of aromatic carboxylic acids is 1. The number of halogens is 1. The predicted octanol–water partition coefficient (Wildman–Crippen LogP) is 4.16. The van der Waals surface area contributed by atoms with Crippen LogP contribution in [0.3, 0.4) is 0 Å². The van der Waals surface area contributed by atoms with Gasteiger partial charge in [-0.25, -0.2) is 4.79 Å². The number of carboxylic acids is 1. The summed E-state index contributed by atoms with van der Waals surface area (Å²) in [6, 6.07) is 5.28. The summed E-state index contributed by atoms with van der Waals surface area (Å²) < 4.78 is 0.868. The molecule has 1 aromatic rings. The third-order valence-corrected chi connectivity index (χ3v) is 4.51. The smallest absolute Gasteiger partial charge is 0.335 e. The molecule has 0 aliphatic carbocycles. The van der Waals surface area contributed by atoms with Gasteiger partial charge in [0.1, 0.15) is 0 Å². The van der Waals surface area contributed by atoms with E-state index in [0.717, 1.165) is 23.2 Å². The van der Waals surface area contributed by atoms with Crippen molar-refractivity contribution in [1.82, 2.24) is 0 Å². The van der Waals surface area contributed by atoms with Crippen molar-refractivity contribution in [2.75, 3.05) is 18.0 Å². The van der Waals surface area contributed by atoms with Gasteiger partial charge in [-0.3, -0.25) is 0 Å². The van der Waals surface area contributed by atoms with Crippen molar-refractivity contribution in [2.45, 2.75) is 33.1 Å². The first kappa shape index (κ1) is 14.4. The average Bonchev–Trinajstić information content (AvgIpc) is 2.50. The van der Waals surface area contributed by atoms with Crippen molar-refractivity contribution in [1.29, 1.82) is 0 Å². The fourth-order valence-electron chi connectivity index (χ4n) is 2.56. The van der Waals surface area contributed by atoms with Gasteiger partial charge in [-0.05, 0) is 58.8 Å². The lowest BCUT2D eigenvalue weighted by molar-refractivity contribution is 0.0697. The molecule has 1 fully saturated rings. The Kier molecular flexibility index (Phi) is 4.19. The molecule has 0 atom stereocenters. The molecule has 19 heavy (non-hydrogen) atoms. The highest BCUT2D eigenvalue weighted by atomic mass is 79.9. The highest BCUT2D eigenvalue weighted by molar-refractivity contribution is 9.10. The van der Waals surface area contributed by atoms with Crippen molar-refractivity contribution in [3.63, 3.8) is 0 Å². The summed E-state index contributed by atoms with van der Waals surface area (Å²) in [6.07, 6.45) is 3.59. The van der Waals surface area contributed by atoms with Crippen LogP contribution in [0.1, 0.15) is 43.5 Å². The third-order valence-electron chi connectivity index (χ3n) is 3.88. The summed E-state index contributed by atoms with van der Waals surface area (Å²) in [5.74, 6) is -0.885. The van der Waals surface area contributed by atoms with Crippen molar-refractivity contribution in [3.05, 3.63) is 28.2 Å². The Morgan fingerprint density at radius 2 is 2.05 bits per heavy atom. The molecule has 1 saturated heterocycles. The summed E-state index contributed by atoms with van der Waals surface area (Å²) in [7, 11) is 0. The zero-order valence-corrected chi connectivity index (χ0v) is 13.0. The van der Waals surface area contributed by atoms with Gasteiger partial charge < -0.3 is 10.0 Å². The number of carbonyl (C=O) groups is 1. The lowest BCUT2D eigenvalue weighted by Gasteiger charge is -2.26. The van der Waals surface area contributed by atoms with E-state index in [0.29, 0.717) is 11.0 Å². The van der Waals surface area contributed by atoms with Gasteiger partial charge in [-0.1, -0.05) is 13.8 Å². The van der Waals surface area contributed by atoms with Crippen LogP contribution in [0.25, 0.3) is 0 Å². The Bertz CT molecular complexity index is 485. The zero-order chi connectivity index (χ0) is 14.0. The van der Waals surface area contributed by atoms with Gasteiger partial charge in [0.25, 0.3) is 0 Å². The normalized spacial score (nSPS) is 19.0. The van der Waals surface area contributed by atoms with Crippen LogP contribution in [0.5, 0.6) is 0 Å². The minimum atomic E-state index is -0.885. The molecule has 0 amide bonds. The molecule has 0 bridgehead atoms. The molecule has 0 saturated carbocycles. The Morgan fingerprint density at radius 3 is 2.68 bits per heavy atom. The lowest BCUT2D eigenvalue weighted by atomic mass is 9.85. The SMILES string of the molecule is CC1(C)CCCN(c2ccc(C(=O)O)cc2Br)CC1. The van der Waals surface area contributed by atoms with Gasteiger partial charge in [0, 0.05) is 17.6 Å². The monoisotopic (exact) mass is 325 g/mol. The van der Waals surface area contributed by atoms with Crippen molar-refractivity contribution < 1.29 is 9.90 Å². The molecule has 0 spiro atoms. The van der Waals surface area contributed by atoms with Crippen molar-refractivity contribution >= 4 is 27.6 Å². The molecule has 4 heteroatoms. The van der Waals surface area contributed by atoms with Crippen LogP contribution in [0.2, 0.25) is 0 Å². The van der Waals surface area contributed by atoms with Crippen LogP contribution >= 0.6 is 15.9 Å². The second kappa shape index (κ2) is 5.53. The summed E-state index contributed by atoms with van der Waals surface area (Å²) in [6.45, 7) is 6.70. The quantitative estimate of drug-likeness (QED) is 0.887. The van der Waals surface area contributed by atoms with Crippen LogP contribution in [-0.2, 0) is 0 Å². The Morgan fingerprint density at radius 1 is 1.32 bits per heavy atom. The van der Waals surface area contributed by atoms with Crippen LogP contribution in [0.15, 0.2) is 22.7 Å². The van der Waals surface area contributed by atoms with E-state index in [2.05, 4.69) is 34.7 Å². The van der Waals surface area contributed by atoms with Crippen LogP contribution in [-0.4, -0.2) is 24.2 Å². The molecule has 0 aromatic heterocycles. The minimum Gasteiger partial charge on any atom is -0.478 e. The van der Waals surface area contributed by atoms with Crippen molar-refractivity contribution in [2.24, 2.45) is 5.41 Å². The van der Waals surface area contributed by atoms with Gasteiger partial charge in [0.05, 0.1) is 11.3 Å². The van der Waals surface area contributed by atoms with Gasteiger partial charge in [0.15, 0.2) is 0 Å². The molecule has 1 N–H and O–H groups in total. The van der Waals surface area contributed by atoms with Crippen LogP contribution in [0.4, 0.5) is 5.69 Å². The van der Waals surface area contributed by atoms with Gasteiger partial charge >= 0.3 is 5.97 Å². The van der Waals surface area contributed by atoms with Crippen molar-refractivity contribution in [3.8, 4) is 0 Å². The Labute approximate surface area is 122 Å². The number of carboxylic acid groups (broad SMARTS) is 1. The summed E-state index contributed by atoms with van der Waals surface area (Å²) >= 11 is 3.50. The molecule has 1 aliphatic rings. The largest absolute Gasteiger partial charge is 0.478 e. The van der Waals surface area contributed by atoms with E-state index in [9.17, 15) is 4.79 Å². The molecule has 0 radical (unpaired) electrons. The first-order chi connectivity index (χ1) is 8.89. The number of anilines is 1. The molecule has 1 aliphatic heterocycles. The van der Waals surface area contributed by atoms with Gasteiger partial charge in [-0.2, -0.15) is 0 Å². The van der Waals surface area contributed by atoms with E-state index in [1.807, 2.05) is 6.07 Å². The van der Waals surface area contributed by atoms with Gasteiger partial charge in [-0.15, -0.1) is 0 Å². The number of hydrogen-bond acceptors (Lipinski definition) is 2. The topological polar surface area (TPSA) is 40.5 Å². The Balaban J connectivity index is 2.20. The number of hydrogen-bond donors (Lipinski definition) is 1. The molecular weight excluding hydrogens is 306 g/mol. The fourth-order valence-corrected chi connectivity index (χ4v) is 3.19. The average molecular weight is 326 g/mol. The number of rotatable bonds is 2. The van der Waals surface area contributed by atoms with E-state index < -0.39 is 5.97 Å². The maximum Gasteiger partial charge on any atom is 0.335 e. The molecular formula is C15H20BrNO2. The third kappa shape index (κ3) is 3.50. The standard InChI is InChI=1S/C15H20BrNO2/c1-15(2)6-3-8-17(9-7-15)13-5-4-11(14(18)19)10-12(13)16/h4-5,10H,3,6-9H2,1-2H3,(H,18,19). The van der Waals surface area contributed by atoms with E-state index in [1.54, 1.807) is 12.1 Å². The molecule has 2 rings (SSSR count). The molecule has 0 unspecified atom stereocenters. The maximum atomic E-state index is 10.9. The second-order valence-electron chi connectivity index (χ2n) is 5.98. The van der Waals surface area contributed by atoms with Crippen LogP contribution < -0.4 is 4.90 Å². The summed E-state index contributed by atoms with van der Waals surface area (Å²) in [4.78, 5) is 13.3. The van der Waals surface area contributed by atoms with E-state index in [4.69, 9.17) is 5.11 Å². The first-order valence-corrected chi connectivity index (χ1v) is 7.46. The molecule has 1 heterocycles. The Hall–Kier alpha value is -1.03. The van der Waals surface area contributed by atoms with Crippen LogP contribution in [0, 0.1) is 5.41 Å². The zero-order valence-electron chi connectivity index (χ0n) is 11.4. The highest BCUT2D eigenvalue weighted by Crippen LogP contribution is 2.34. The lowest BCUT2D eigenvalue weighted by Crippen LogP contribution is -2.25. The second-order valence-corrected chi connectivity index (χ2v) is 6.83. The highest BCUT2D eigenvalue weighted by Gasteiger charge is 2.24. The first-order valence-electron chi connectivity index (χ1n) is 6.67. The number of benzene rings is 1. The predicted molar refractivity (Wildman–Crippen MR) is 80.9 cm³/mol. The van der Waals surface area contributed by atoms with Gasteiger partial charge in [0.2, 0.25) is 0 Å². The fraction of sp³-hybridized carbons (Fsp3) is 0.533. The maximum absolute atomic E-state index is 10.9. The number of nitrogens with zero attached hydrogens (tertiary/aromatic N) is 1. The molecule has 3 nitrogen and oxygen atoms in total. The molecule has 1 aromatic carbocycles. The van der Waals surface area contributed by atoms with E-state index in [1.165, 1.54) is 19.3 Å².